The topological polar surface area (TPSA) is 56.0 Å². The molecular weight excluding hydrogens is 295 g/mol. The standard InChI is InChI=1S/C9H5IN2O2/c10-6-4-5-11-7-2-1-3-8(9(6)7)12(13)14/h1-5H. The van der Waals surface area contributed by atoms with Gasteiger partial charge in [0.1, 0.15) is 0 Å². The second-order valence-corrected chi connectivity index (χ2v) is 3.88. The maximum Gasteiger partial charge on any atom is 0.279 e. The molecule has 0 aliphatic rings. The van der Waals surface area contributed by atoms with Crippen molar-refractivity contribution in [1.82, 2.24) is 4.98 Å². The number of hydrogen-bond acceptors (Lipinski definition) is 3. The molecule has 14 heavy (non-hydrogen) atoms. The Hall–Kier alpha value is -1.24. The van der Waals surface area contributed by atoms with E-state index in [0.717, 1.165) is 3.57 Å². The van der Waals surface area contributed by atoms with Crippen LogP contribution in [0.2, 0.25) is 0 Å². The van der Waals surface area contributed by atoms with E-state index >= 15 is 0 Å². The number of benzene rings is 1. The van der Waals surface area contributed by atoms with Gasteiger partial charge in [0.2, 0.25) is 0 Å². The van der Waals surface area contributed by atoms with Crippen molar-refractivity contribution in [2.45, 2.75) is 0 Å². The lowest BCUT2D eigenvalue weighted by Crippen LogP contribution is -1.92. The lowest BCUT2D eigenvalue weighted by atomic mass is 10.2. The highest BCUT2D eigenvalue weighted by molar-refractivity contribution is 14.1. The quantitative estimate of drug-likeness (QED) is 0.462. The lowest BCUT2D eigenvalue weighted by molar-refractivity contribution is -0.383. The smallest absolute Gasteiger partial charge is 0.258 e. The number of nitro benzene ring substituents is 1. The van der Waals surface area contributed by atoms with Crippen molar-refractivity contribution in [3.05, 3.63) is 44.1 Å². The molecule has 1 aromatic carbocycles. The zero-order valence-electron chi connectivity index (χ0n) is 6.98. The van der Waals surface area contributed by atoms with E-state index in [2.05, 4.69) is 27.6 Å². The molecule has 4 nitrogen and oxygen atoms in total. The van der Waals surface area contributed by atoms with Crippen molar-refractivity contribution >= 4 is 39.2 Å². The average Bonchev–Trinajstić information content (AvgIpc) is 2.17. The summed E-state index contributed by atoms with van der Waals surface area (Å²) < 4.78 is 0.847. The fraction of sp³-hybridized carbons (Fsp3) is 0. The summed E-state index contributed by atoms with van der Waals surface area (Å²) in [6.07, 6.45) is 1.65. The van der Waals surface area contributed by atoms with Gasteiger partial charge in [0.05, 0.1) is 15.8 Å². The van der Waals surface area contributed by atoms with Gasteiger partial charge >= 0.3 is 0 Å². The molecule has 0 unspecified atom stereocenters. The molecule has 0 saturated carbocycles. The van der Waals surface area contributed by atoms with Gasteiger partial charge in [0.15, 0.2) is 0 Å². The maximum absolute atomic E-state index is 10.7. The monoisotopic (exact) mass is 300 g/mol. The number of hydrogen-bond donors (Lipinski definition) is 0. The zero-order chi connectivity index (χ0) is 10.1. The van der Waals surface area contributed by atoms with Gasteiger partial charge in [0, 0.05) is 15.8 Å². The van der Waals surface area contributed by atoms with Crippen LogP contribution >= 0.6 is 22.6 Å². The number of aromatic nitrogens is 1. The molecule has 0 fully saturated rings. The van der Waals surface area contributed by atoms with Gasteiger partial charge in [-0.1, -0.05) is 6.07 Å². The van der Waals surface area contributed by atoms with Crippen molar-refractivity contribution in [2.75, 3.05) is 0 Å². The number of nitro groups is 1. The second-order valence-electron chi connectivity index (χ2n) is 2.72. The Morgan fingerprint density at radius 2 is 2.14 bits per heavy atom. The molecule has 0 aliphatic carbocycles. The molecule has 1 heterocycles. The Morgan fingerprint density at radius 3 is 2.86 bits per heavy atom. The van der Waals surface area contributed by atoms with E-state index in [9.17, 15) is 10.1 Å². The molecule has 0 aliphatic heterocycles. The van der Waals surface area contributed by atoms with Gasteiger partial charge in [0.25, 0.3) is 5.69 Å². The van der Waals surface area contributed by atoms with E-state index in [-0.39, 0.29) is 10.6 Å². The third-order valence-corrected chi connectivity index (χ3v) is 2.79. The van der Waals surface area contributed by atoms with E-state index in [4.69, 9.17) is 0 Å². The molecular formula is C9H5IN2O2. The van der Waals surface area contributed by atoms with Crippen LogP contribution in [-0.2, 0) is 0 Å². The van der Waals surface area contributed by atoms with Crippen LogP contribution in [0, 0.1) is 13.7 Å². The fourth-order valence-corrected chi connectivity index (χ4v) is 2.01. The van der Waals surface area contributed by atoms with Crippen molar-refractivity contribution in [1.29, 1.82) is 0 Å². The van der Waals surface area contributed by atoms with Gasteiger partial charge in [-0.25, -0.2) is 0 Å². The number of rotatable bonds is 1. The summed E-state index contributed by atoms with van der Waals surface area (Å²) in [5, 5.41) is 11.4. The Labute approximate surface area is 93.2 Å². The summed E-state index contributed by atoms with van der Waals surface area (Å²) in [4.78, 5) is 14.4. The largest absolute Gasteiger partial charge is 0.279 e. The molecule has 0 spiro atoms. The molecule has 70 valence electrons. The predicted octanol–water partition coefficient (Wildman–Crippen LogP) is 2.75. The number of nitrogens with zero attached hydrogens (tertiary/aromatic N) is 2. The Kier molecular flexibility index (Phi) is 2.32. The Morgan fingerprint density at radius 1 is 1.36 bits per heavy atom. The van der Waals surface area contributed by atoms with Crippen LogP contribution in [-0.4, -0.2) is 9.91 Å². The SMILES string of the molecule is O=[N+]([O-])c1cccc2nccc(I)c12. The summed E-state index contributed by atoms with van der Waals surface area (Å²) >= 11 is 2.07. The van der Waals surface area contributed by atoms with Crippen molar-refractivity contribution < 1.29 is 4.92 Å². The lowest BCUT2D eigenvalue weighted by Gasteiger charge is -1.99. The molecule has 0 N–H and O–H groups in total. The molecule has 2 rings (SSSR count). The molecule has 0 atom stereocenters. The summed E-state index contributed by atoms with van der Waals surface area (Å²) in [5.41, 5.74) is 0.770. The van der Waals surface area contributed by atoms with Gasteiger partial charge in [-0.2, -0.15) is 0 Å². The molecule has 0 radical (unpaired) electrons. The minimum atomic E-state index is -0.383. The van der Waals surface area contributed by atoms with Crippen LogP contribution < -0.4 is 0 Å². The van der Waals surface area contributed by atoms with E-state index in [0.29, 0.717) is 10.9 Å². The number of non-ortho nitro benzene ring substituents is 1. The number of halogens is 1. The van der Waals surface area contributed by atoms with Gasteiger partial charge in [-0.05, 0) is 34.7 Å². The van der Waals surface area contributed by atoms with Gasteiger partial charge < -0.3 is 0 Å². The first-order valence-corrected chi connectivity index (χ1v) is 4.95. The molecule has 0 saturated heterocycles. The fourth-order valence-electron chi connectivity index (χ4n) is 1.30. The highest BCUT2D eigenvalue weighted by Crippen LogP contribution is 2.27. The second kappa shape index (κ2) is 3.49. The van der Waals surface area contributed by atoms with Crippen LogP contribution in [0.1, 0.15) is 0 Å². The minimum absolute atomic E-state index is 0.111. The van der Waals surface area contributed by atoms with Crippen LogP contribution in [0.15, 0.2) is 30.5 Å². The molecule has 0 amide bonds. The first-order valence-electron chi connectivity index (χ1n) is 3.88. The molecule has 0 bridgehead atoms. The molecule has 2 aromatic rings. The zero-order valence-corrected chi connectivity index (χ0v) is 9.13. The summed E-state index contributed by atoms with van der Waals surface area (Å²) in [5.74, 6) is 0. The highest BCUT2D eigenvalue weighted by atomic mass is 127. The van der Waals surface area contributed by atoms with E-state index in [1.54, 1.807) is 24.4 Å². The van der Waals surface area contributed by atoms with Crippen molar-refractivity contribution in [2.24, 2.45) is 0 Å². The molecule has 5 heteroatoms. The first kappa shape index (κ1) is 9.32. The average molecular weight is 300 g/mol. The highest BCUT2D eigenvalue weighted by Gasteiger charge is 2.13. The third kappa shape index (κ3) is 1.43. The maximum atomic E-state index is 10.7. The minimum Gasteiger partial charge on any atom is -0.258 e. The van der Waals surface area contributed by atoms with Gasteiger partial charge in [-0.15, -0.1) is 0 Å². The van der Waals surface area contributed by atoms with E-state index in [1.807, 2.05) is 0 Å². The van der Waals surface area contributed by atoms with Crippen LogP contribution in [0.4, 0.5) is 5.69 Å². The Bertz CT molecular complexity index is 508. The van der Waals surface area contributed by atoms with Crippen molar-refractivity contribution in [3.8, 4) is 0 Å². The van der Waals surface area contributed by atoms with Crippen LogP contribution in [0.25, 0.3) is 10.9 Å². The van der Waals surface area contributed by atoms with E-state index in [1.165, 1.54) is 6.07 Å². The first-order chi connectivity index (χ1) is 6.70. The van der Waals surface area contributed by atoms with Crippen LogP contribution in [0.3, 0.4) is 0 Å². The third-order valence-electron chi connectivity index (χ3n) is 1.89. The number of pyridine rings is 1. The van der Waals surface area contributed by atoms with Gasteiger partial charge in [-0.3, -0.25) is 15.1 Å². The normalized spacial score (nSPS) is 10.4. The predicted molar refractivity (Wildman–Crippen MR) is 61.1 cm³/mol. The van der Waals surface area contributed by atoms with Crippen molar-refractivity contribution in [3.63, 3.8) is 0 Å². The van der Waals surface area contributed by atoms with Crippen LogP contribution in [0.5, 0.6) is 0 Å². The summed E-state index contributed by atoms with van der Waals surface area (Å²) in [6.45, 7) is 0. The Balaban J connectivity index is 2.91. The summed E-state index contributed by atoms with van der Waals surface area (Å²) in [6, 6.07) is 6.66. The van der Waals surface area contributed by atoms with E-state index < -0.39 is 0 Å². The number of fused-ring (bicyclic) bond motifs is 1. The molecule has 1 aromatic heterocycles. The summed E-state index contributed by atoms with van der Waals surface area (Å²) in [7, 11) is 0.